The molecular formula is C9H13F3N4O2S. The molecule has 108 valence electrons. The van der Waals surface area contributed by atoms with E-state index in [1.165, 1.54) is 18.3 Å². The topological polar surface area (TPSA) is 88.3 Å². The summed E-state index contributed by atoms with van der Waals surface area (Å²) in [6.45, 7) is -0.676. The van der Waals surface area contributed by atoms with Gasteiger partial charge in [-0.05, 0) is 12.1 Å². The number of nitrogens with one attached hydrogen (secondary N) is 1. The van der Waals surface area contributed by atoms with Gasteiger partial charge in [0.2, 0.25) is 10.0 Å². The number of alkyl halides is 3. The molecule has 0 aliphatic rings. The van der Waals surface area contributed by atoms with Crippen molar-refractivity contribution in [1.82, 2.24) is 9.29 Å². The van der Waals surface area contributed by atoms with Crippen LogP contribution in [0.15, 0.2) is 23.2 Å². The molecule has 0 bridgehead atoms. The van der Waals surface area contributed by atoms with E-state index in [0.29, 0.717) is 4.31 Å². The van der Waals surface area contributed by atoms with Crippen molar-refractivity contribution in [2.45, 2.75) is 17.5 Å². The molecule has 0 saturated heterocycles. The summed E-state index contributed by atoms with van der Waals surface area (Å²) in [7, 11) is -3.01. The Morgan fingerprint density at radius 1 is 1.47 bits per heavy atom. The van der Waals surface area contributed by atoms with Gasteiger partial charge in [0.25, 0.3) is 0 Å². The van der Waals surface area contributed by atoms with Crippen LogP contribution in [0.25, 0.3) is 0 Å². The van der Waals surface area contributed by atoms with Crippen molar-refractivity contribution in [1.29, 1.82) is 0 Å². The minimum atomic E-state index is -4.42. The number of nitrogens with zero attached hydrogens (tertiary/aromatic N) is 2. The normalized spacial score (nSPS) is 12.7. The van der Waals surface area contributed by atoms with Crippen LogP contribution in [0.1, 0.15) is 6.42 Å². The van der Waals surface area contributed by atoms with E-state index in [9.17, 15) is 21.6 Å². The highest BCUT2D eigenvalue weighted by molar-refractivity contribution is 7.89. The number of sulfonamides is 1. The van der Waals surface area contributed by atoms with Crippen LogP contribution in [0.3, 0.4) is 0 Å². The summed E-state index contributed by atoms with van der Waals surface area (Å²) in [5.74, 6) is 4.99. The molecule has 1 rings (SSSR count). The van der Waals surface area contributed by atoms with Gasteiger partial charge in [0.05, 0.1) is 6.42 Å². The molecule has 0 aliphatic carbocycles. The molecule has 1 aromatic heterocycles. The quantitative estimate of drug-likeness (QED) is 0.624. The fraction of sp³-hybridized carbons (Fsp3) is 0.444. The Kier molecular flexibility index (Phi) is 4.71. The Balaban J connectivity index is 2.97. The molecule has 0 aliphatic heterocycles. The van der Waals surface area contributed by atoms with Gasteiger partial charge in [-0.1, -0.05) is 0 Å². The van der Waals surface area contributed by atoms with Crippen molar-refractivity contribution in [2.24, 2.45) is 5.84 Å². The Morgan fingerprint density at radius 3 is 2.63 bits per heavy atom. The number of anilines is 1. The third-order valence-corrected chi connectivity index (χ3v) is 4.19. The molecule has 0 radical (unpaired) electrons. The zero-order valence-corrected chi connectivity index (χ0v) is 10.8. The van der Waals surface area contributed by atoms with E-state index in [0.717, 1.165) is 7.05 Å². The van der Waals surface area contributed by atoms with Gasteiger partial charge < -0.3 is 5.43 Å². The van der Waals surface area contributed by atoms with Crippen LogP contribution in [0.5, 0.6) is 0 Å². The number of pyridine rings is 1. The predicted molar refractivity (Wildman–Crippen MR) is 62.5 cm³/mol. The molecule has 0 amide bonds. The van der Waals surface area contributed by atoms with E-state index >= 15 is 0 Å². The largest absolute Gasteiger partial charge is 0.390 e. The number of aromatic nitrogens is 1. The first-order chi connectivity index (χ1) is 8.68. The van der Waals surface area contributed by atoms with Gasteiger partial charge in [-0.3, -0.25) is 0 Å². The Morgan fingerprint density at radius 2 is 2.11 bits per heavy atom. The number of halogens is 3. The molecule has 1 aromatic rings. The molecular weight excluding hydrogens is 285 g/mol. The average molecular weight is 298 g/mol. The summed E-state index contributed by atoms with van der Waals surface area (Å²) in [6.07, 6.45) is -4.34. The molecule has 3 N–H and O–H groups in total. The van der Waals surface area contributed by atoms with Crippen LogP contribution < -0.4 is 11.3 Å². The van der Waals surface area contributed by atoms with Crippen molar-refractivity contribution in [2.75, 3.05) is 19.0 Å². The summed E-state index contributed by atoms with van der Waals surface area (Å²) >= 11 is 0. The molecule has 0 saturated carbocycles. The third kappa shape index (κ3) is 4.04. The van der Waals surface area contributed by atoms with Gasteiger partial charge in [0.1, 0.15) is 4.90 Å². The zero-order valence-electron chi connectivity index (χ0n) is 9.98. The molecule has 0 spiro atoms. The minimum Gasteiger partial charge on any atom is -0.307 e. The van der Waals surface area contributed by atoms with Gasteiger partial charge in [-0.15, -0.1) is 0 Å². The van der Waals surface area contributed by atoms with Crippen molar-refractivity contribution in [3.63, 3.8) is 0 Å². The lowest BCUT2D eigenvalue weighted by Gasteiger charge is -2.19. The van der Waals surface area contributed by atoms with E-state index < -0.39 is 29.2 Å². The molecule has 0 aromatic carbocycles. The Hall–Kier alpha value is -1.39. The van der Waals surface area contributed by atoms with Gasteiger partial charge in [-0.25, -0.2) is 23.5 Å². The number of hydrazine groups is 1. The molecule has 19 heavy (non-hydrogen) atoms. The number of nitrogen functional groups attached to an aromatic ring is 1. The van der Waals surface area contributed by atoms with Crippen molar-refractivity contribution >= 4 is 15.8 Å². The lowest BCUT2D eigenvalue weighted by Crippen LogP contribution is -2.31. The monoisotopic (exact) mass is 298 g/mol. The van der Waals surface area contributed by atoms with Gasteiger partial charge in [-0.2, -0.15) is 13.2 Å². The number of hydrogen-bond acceptors (Lipinski definition) is 5. The molecule has 0 unspecified atom stereocenters. The molecule has 0 atom stereocenters. The number of rotatable bonds is 5. The summed E-state index contributed by atoms with van der Waals surface area (Å²) in [5.41, 5.74) is 2.09. The van der Waals surface area contributed by atoms with Crippen LogP contribution >= 0.6 is 0 Å². The average Bonchev–Trinajstić information content (AvgIpc) is 2.34. The summed E-state index contributed by atoms with van der Waals surface area (Å²) in [5, 5.41) is 0. The lowest BCUT2D eigenvalue weighted by molar-refractivity contribution is -0.135. The maximum atomic E-state index is 12.1. The van der Waals surface area contributed by atoms with Crippen LogP contribution in [-0.2, 0) is 10.0 Å². The zero-order chi connectivity index (χ0) is 14.7. The van der Waals surface area contributed by atoms with E-state index in [-0.39, 0.29) is 10.7 Å². The number of hydrogen-bond donors (Lipinski definition) is 2. The van der Waals surface area contributed by atoms with Crippen LogP contribution in [0, 0.1) is 0 Å². The van der Waals surface area contributed by atoms with Crippen LogP contribution in [0.4, 0.5) is 19.0 Å². The first-order valence-electron chi connectivity index (χ1n) is 5.13. The first-order valence-corrected chi connectivity index (χ1v) is 6.57. The summed E-state index contributed by atoms with van der Waals surface area (Å²) in [4.78, 5) is 3.41. The third-order valence-electron chi connectivity index (χ3n) is 2.31. The summed E-state index contributed by atoms with van der Waals surface area (Å²) in [6, 6.07) is 2.56. The second-order valence-electron chi connectivity index (χ2n) is 3.69. The van der Waals surface area contributed by atoms with E-state index in [1.807, 2.05) is 0 Å². The second kappa shape index (κ2) is 5.72. The maximum absolute atomic E-state index is 12.1. The van der Waals surface area contributed by atoms with E-state index in [4.69, 9.17) is 5.84 Å². The van der Waals surface area contributed by atoms with Crippen molar-refractivity contribution in [3.05, 3.63) is 18.3 Å². The second-order valence-corrected chi connectivity index (χ2v) is 5.70. The highest BCUT2D eigenvalue weighted by Gasteiger charge is 2.31. The minimum absolute atomic E-state index is 0.124. The number of nitrogens with two attached hydrogens (primary N) is 1. The van der Waals surface area contributed by atoms with Gasteiger partial charge >= 0.3 is 6.18 Å². The lowest BCUT2D eigenvalue weighted by atomic mass is 10.4. The predicted octanol–water partition coefficient (Wildman–Crippen LogP) is 0.940. The SMILES string of the molecule is CN(CCC(F)(F)F)S(=O)(=O)c1cccnc1NN. The van der Waals surface area contributed by atoms with Crippen LogP contribution in [0.2, 0.25) is 0 Å². The summed E-state index contributed by atoms with van der Waals surface area (Å²) < 4.78 is 61.0. The molecule has 6 nitrogen and oxygen atoms in total. The van der Waals surface area contributed by atoms with Crippen molar-refractivity contribution < 1.29 is 21.6 Å². The maximum Gasteiger partial charge on any atom is 0.390 e. The molecule has 10 heteroatoms. The highest BCUT2D eigenvalue weighted by Crippen LogP contribution is 2.24. The van der Waals surface area contributed by atoms with E-state index in [1.54, 1.807) is 0 Å². The Labute approximate surface area is 108 Å². The fourth-order valence-electron chi connectivity index (χ4n) is 1.28. The standard InChI is InChI=1S/C9H13F3N4O2S/c1-16(6-4-9(10,11)12)19(17,18)7-3-2-5-14-8(7)15-13/h2-3,5H,4,6,13H2,1H3,(H,14,15). The van der Waals surface area contributed by atoms with Crippen molar-refractivity contribution in [3.8, 4) is 0 Å². The van der Waals surface area contributed by atoms with Gasteiger partial charge in [0.15, 0.2) is 5.82 Å². The van der Waals surface area contributed by atoms with E-state index in [2.05, 4.69) is 10.4 Å². The molecule has 1 heterocycles. The van der Waals surface area contributed by atoms with Crippen LogP contribution in [-0.4, -0.2) is 37.5 Å². The Bertz CT molecular complexity index is 533. The smallest absolute Gasteiger partial charge is 0.307 e. The van der Waals surface area contributed by atoms with Gasteiger partial charge in [0, 0.05) is 19.8 Å². The first kappa shape index (κ1) is 15.7. The molecule has 0 fully saturated rings. The highest BCUT2D eigenvalue weighted by atomic mass is 32.2. The fourth-order valence-corrected chi connectivity index (χ4v) is 2.55.